The van der Waals surface area contributed by atoms with Gasteiger partial charge in [-0.2, -0.15) is 0 Å². The zero-order valence-corrected chi connectivity index (χ0v) is 15.7. The molecule has 1 unspecified atom stereocenters. The van der Waals surface area contributed by atoms with E-state index in [2.05, 4.69) is 48.6 Å². The first-order chi connectivity index (χ1) is 12.1. The summed E-state index contributed by atoms with van der Waals surface area (Å²) >= 11 is 12.3. The van der Waals surface area contributed by atoms with Gasteiger partial charge >= 0.3 is 0 Å². The Morgan fingerprint density at radius 3 is 2.28 bits per heavy atom. The van der Waals surface area contributed by atoms with E-state index in [1.54, 1.807) is 0 Å². The van der Waals surface area contributed by atoms with Gasteiger partial charge in [0.15, 0.2) is 0 Å². The molecule has 0 aromatic heterocycles. The van der Waals surface area contributed by atoms with Crippen LogP contribution < -0.4 is 5.32 Å². The summed E-state index contributed by atoms with van der Waals surface area (Å²) in [6.07, 6.45) is 2.36. The third-order valence-corrected chi connectivity index (χ3v) is 5.92. The molecule has 0 bridgehead atoms. The van der Waals surface area contributed by atoms with Gasteiger partial charge in [-0.25, -0.2) is 0 Å². The predicted octanol–water partition coefficient (Wildman–Crippen LogP) is 6.74. The highest BCUT2D eigenvalue weighted by atomic mass is 35.5. The molecular formula is C22H21Cl2N. The van der Waals surface area contributed by atoms with Crippen LogP contribution in [0.5, 0.6) is 0 Å². The van der Waals surface area contributed by atoms with E-state index in [1.807, 2.05) is 24.3 Å². The quantitative estimate of drug-likeness (QED) is 0.536. The lowest BCUT2D eigenvalue weighted by atomic mass is 9.75. The van der Waals surface area contributed by atoms with Crippen LogP contribution in [0, 0.1) is 0 Å². The minimum absolute atomic E-state index is 0.304. The summed E-state index contributed by atoms with van der Waals surface area (Å²) in [5.74, 6) is 0.643. The first-order valence-corrected chi connectivity index (χ1v) is 9.56. The van der Waals surface area contributed by atoms with E-state index in [0.29, 0.717) is 18.0 Å². The van der Waals surface area contributed by atoms with Crippen LogP contribution in [0.2, 0.25) is 10.0 Å². The summed E-state index contributed by atoms with van der Waals surface area (Å²) in [6, 6.07) is 21.7. The van der Waals surface area contributed by atoms with Gasteiger partial charge in [-0.1, -0.05) is 65.7 Å². The number of halogens is 2. The maximum absolute atomic E-state index is 6.35. The summed E-state index contributed by atoms with van der Waals surface area (Å²) in [7, 11) is 0. The zero-order chi connectivity index (χ0) is 17.4. The molecule has 0 spiro atoms. The van der Waals surface area contributed by atoms with Crippen LogP contribution in [0.25, 0.3) is 10.8 Å². The molecule has 1 N–H and O–H groups in total. The molecule has 1 nitrogen and oxygen atoms in total. The Kier molecular flexibility index (Phi) is 4.73. The maximum atomic E-state index is 6.35. The van der Waals surface area contributed by atoms with E-state index in [1.165, 1.54) is 29.4 Å². The highest BCUT2D eigenvalue weighted by molar-refractivity contribution is 6.35. The van der Waals surface area contributed by atoms with Gasteiger partial charge in [0, 0.05) is 27.5 Å². The molecule has 3 aromatic rings. The lowest BCUT2D eigenvalue weighted by molar-refractivity contribution is 0.271. The average molecular weight is 370 g/mol. The molecular weight excluding hydrogens is 349 g/mol. The van der Waals surface area contributed by atoms with E-state index < -0.39 is 0 Å². The largest absolute Gasteiger partial charge is 0.307 e. The second-order valence-electron chi connectivity index (χ2n) is 6.99. The Hall–Kier alpha value is -1.54. The Labute approximate surface area is 159 Å². The Morgan fingerprint density at radius 2 is 1.56 bits per heavy atom. The van der Waals surface area contributed by atoms with Gasteiger partial charge in [-0.05, 0) is 60.4 Å². The predicted molar refractivity (Wildman–Crippen MR) is 108 cm³/mol. The van der Waals surface area contributed by atoms with E-state index in [9.17, 15) is 0 Å². The van der Waals surface area contributed by atoms with E-state index in [0.717, 1.165) is 15.4 Å². The molecule has 0 aliphatic heterocycles. The van der Waals surface area contributed by atoms with Gasteiger partial charge in [-0.15, -0.1) is 0 Å². The molecule has 3 heteroatoms. The van der Waals surface area contributed by atoms with Gasteiger partial charge in [-0.3, -0.25) is 0 Å². The SMILES string of the molecule is CC(NC1CC(c2ccc(Cl)cc2)C1)c1ccc(Cl)c2ccccc12. The maximum Gasteiger partial charge on any atom is 0.0484 e. The van der Waals surface area contributed by atoms with Crippen molar-refractivity contribution in [2.45, 2.75) is 37.8 Å². The molecule has 1 atom stereocenters. The van der Waals surface area contributed by atoms with Crippen molar-refractivity contribution in [1.82, 2.24) is 5.32 Å². The second-order valence-corrected chi connectivity index (χ2v) is 7.83. The Morgan fingerprint density at radius 1 is 0.880 bits per heavy atom. The molecule has 25 heavy (non-hydrogen) atoms. The van der Waals surface area contributed by atoms with Crippen molar-refractivity contribution in [3.05, 3.63) is 81.8 Å². The normalized spacial score (nSPS) is 21.1. The van der Waals surface area contributed by atoms with Crippen molar-refractivity contribution in [2.75, 3.05) is 0 Å². The summed E-state index contributed by atoms with van der Waals surface area (Å²) in [5.41, 5.74) is 2.71. The van der Waals surface area contributed by atoms with Gasteiger partial charge in [0.25, 0.3) is 0 Å². The molecule has 0 saturated heterocycles. The monoisotopic (exact) mass is 369 g/mol. The van der Waals surface area contributed by atoms with Crippen molar-refractivity contribution in [2.24, 2.45) is 0 Å². The molecule has 1 saturated carbocycles. The first-order valence-electron chi connectivity index (χ1n) is 8.80. The van der Waals surface area contributed by atoms with Gasteiger partial charge < -0.3 is 5.32 Å². The van der Waals surface area contributed by atoms with Gasteiger partial charge in [0.2, 0.25) is 0 Å². The number of hydrogen-bond acceptors (Lipinski definition) is 1. The second kappa shape index (κ2) is 6.99. The highest BCUT2D eigenvalue weighted by Gasteiger charge is 2.31. The molecule has 3 aromatic carbocycles. The van der Waals surface area contributed by atoms with Gasteiger partial charge in [0.05, 0.1) is 0 Å². The smallest absolute Gasteiger partial charge is 0.0484 e. The number of fused-ring (bicyclic) bond motifs is 1. The molecule has 4 rings (SSSR count). The third kappa shape index (κ3) is 3.42. The van der Waals surface area contributed by atoms with E-state index >= 15 is 0 Å². The average Bonchev–Trinajstić information content (AvgIpc) is 2.59. The van der Waals surface area contributed by atoms with Crippen LogP contribution in [0.3, 0.4) is 0 Å². The van der Waals surface area contributed by atoms with E-state index in [-0.39, 0.29) is 0 Å². The van der Waals surface area contributed by atoms with Crippen LogP contribution in [0.4, 0.5) is 0 Å². The minimum Gasteiger partial charge on any atom is -0.307 e. The van der Waals surface area contributed by atoms with Gasteiger partial charge in [0.1, 0.15) is 0 Å². The third-order valence-electron chi connectivity index (χ3n) is 5.34. The Bertz CT molecular complexity index is 882. The molecule has 1 aliphatic rings. The van der Waals surface area contributed by atoms with E-state index in [4.69, 9.17) is 23.2 Å². The molecule has 1 aliphatic carbocycles. The van der Waals surface area contributed by atoms with Crippen molar-refractivity contribution in [3.8, 4) is 0 Å². The van der Waals surface area contributed by atoms with Crippen LogP contribution in [0.15, 0.2) is 60.7 Å². The molecule has 0 heterocycles. The standard InChI is InChI=1S/C22H21Cl2N/c1-14(19-10-11-22(24)21-5-3-2-4-20(19)21)25-18-12-16(13-18)15-6-8-17(23)9-7-15/h2-11,14,16,18,25H,12-13H2,1H3. The number of benzene rings is 3. The van der Waals surface area contributed by atoms with Crippen LogP contribution in [-0.4, -0.2) is 6.04 Å². The summed E-state index contributed by atoms with van der Waals surface area (Å²) < 4.78 is 0. The molecule has 0 amide bonds. The van der Waals surface area contributed by atoms with Crippen molar-refractivity contribution in [1.29, 1.82) is 0 Å². The van der Waals surface area contributed by atoms with Crippen molar-refractivity contribution >= 4 is 34.0 Å². The molecule has 0 radical (unpaired) electrons. The number of nitrogens with one attached hydrogen (secondary N) is 1. The summed E-state index contributed by atoms with van der Waals surface area (Å²) in [6.45, 7) is 2.24. The minimum atomic E-state index is 0.304. The Balaban J connectivity index is 1.45. The van der Waals surface area contributed by atoms with Crippen LogP contribution in [-0.2, 0) is 0 Å². The summed E-state index contributed by atoms with van der Waals surface area (Å²) in [4.78, 5) is 0. The number of hydrogen-bond donors (Lipinski definition) is 1. The fraction of sp³-hybridized carbons (Fsp3) is 0.273. The molecule has 1 fully saturated rings. The van der Waals surface area contributed by atoms with Crippen molar-refractivity contribution in [3.63, 3.8) is 0 Å². The fourth-order valence-electron chi connectivity index (χ4n) is 3.87. The fourth-order valence-corrected chi connectivity index (χ4v) is 4.22. The van der Waals surface area contributed by atoms with Crippen molar-refractivity contribution < 1.29 is 0 Å². The number of rotatable bonds is 4. The van der Waals surface area contributed by atoms with Crippen LogP contribution in [0.1, 0.15) is 42.9 Å². The molecule has 128 valence electrons. The first kappa shape index (κ1) is 16.9. The highest BCUT2D eigenvalue weighted by Crippen LogP contribution is 2.39. The van der Waals surface area contributed by atoms with Crippen LogP contribution >= 0.6 is 23.2 Å². The topological polar surface area (TPSA) is 12.0 Å². The lowest BCUT2D eigenvalue weighted by Gasteiger charge is -2.38. The lowest BCUT2D eigenvalue weighted by Crippen LogP contribution is -2.41. The zero-order valence-electron chi connectivity index (χ0n) is 14.2. The summed E-state index contributed by atoms with van der Waals surface area (Å²) in [5, 5.41) is 7.78.